The molecule has 1 fully saturated rings. The van der Waals surface area contributed by atoms with Gasteiger partial charge in [0.05, 0.1) is 4.90 Å². The second-order valence-corrected chi connectivity index (χ2v) is 7.55. The third-order valence-corrected chi connectivity index (χ3v) is 4.51. The van der Waals surface area contributed by atoms with Crippen molar-refractivity contribution >= 4 is 21.4 Å². The van der Waals surface area contributed by atoms with E-state index >= 15 is 0 Å². The van der Waals surface area contributed by atoms with Crippen LogP contribution in [0.25, 0.3) is 0 Å². The average Bonchev–Trinajstić information content (AvgIpc) is 2.87. The van der Waals surface area contributed by atoms with Gasteiger partial charge in [0.2, 0.25) is 5.91 Å². The number of hydrogen-bond acceptors (Lipinski definition) is 3. The van der Waals surface area contributed by atoms with Crippen LogP contribution in [0.5, 0.6) is 0 Å². The van der Waals surface area contributed by atoms with Crippen molar-refractivity contribution in [1.82, 2.24) is 0 Å². The van der Waals surface area contributed by atoms with Gasteiger partial charge in [0.15, 0.2) is 9.84 Å². The van der Waals surface area contributed by atoms with Crippen molar-refractivity contribution in [3.05, 3.63) is 24.3 Å². The van der Waals surface area contributed by atoms with Gasteiger partial charge in [-0.2, -0.15) is 0 Å². The second-order valence-electron chi connectivity index (χ2n) is 5.53. The lowest BCUT2D eigenvalue weighted by molar-refractivity contribution is -0.118. The number of anilines is 1. The zero-order valence-electron chi connectivity index (χ0n) is 10.7. The summed E-state index contributed by atoms with van der Waals surface area (Å²) in [5, 5.41) is 2.80. The lowest BCUT2D eigenvalue weighted by atomic mass is 10.1. The van der Waals surface area contributed by atoms with E-state index in [-0.39, 0.29) is 22.1 Å². The summed E-state index contributed by atoms with van der Waals surface area (Å²) >= 11 is 0. The molecule has 1 aliphatic rings. The minimum atomic E-state index is -3.18. The predicted octanol–water partition coefficient (Wildman–Crippen LogP) is 2.07. The summed E-state index contributed by atoms with van der Waals surface area (Å²) in [7, 11) is -3.18. The number of rotatable bonds is 3. The van der Waals surface area contributed by atoms with Crippen LogP contribution in [-0.4, -0.2) is 20.6 Å². The van der Waals surface area contributed by atoms with Crippen LogP contribution >= 0.6 is 0 Å². The monoisotopic (exact) mass is 267 g/mol. The summed E-state index contributed by atoms with van der Waals surface area (Å²) in [6.45, 7) is 4.12. The highest BCUT2D eigenvalue weighted by Gasteiger charge is 2.50. The van der Waals surface area contributed by atoms with Crippen molar-refractivity contribution in [2.75, 3.05) is 11.6 Å². The highest BCUT2D eigenvalue weighted by Crippen LogP contribution is 2.51. The molecule has 18 heavy (non-hydrogen) atoms. The maximum absolute atomic E-state index is 11.8. The summed E-state index contributed by atoms with van der Waals surface area (Å²) < 4.78 is 22.6. The molecule has 1 N–H and O–H groups in total. The Balaban J connectivity index is 2.06. The fourth-order valence-electron chi connectivity index (χ4n) is 1.93. The van der Waals surface area contributed by atoms with E-state index in [1.54, 1.807) is 12.1 Å². The molecule has 0 aliphatic heterocycles. The maximum atomic E-state index is 11.8. The van der Waals surface area contributed by atoms with Crippen LogP contribution in [0.1, 0.15) is 20.3 Å². The fraction of sp³-hybridized carbons (Fsp3) is 0.462. The van der Waals surface area contributed by atoms with E-state index in [1.807, 2.05) is 0 Å². The number of carbonyl (C=O) groups is 1. The van der Waals surface area contributed by atoms with Gasteiger partial charge in [-0.1, -0.05) is 13.8 Å². The Labute approximate surface area is 107 Å². The Morgan fingerprint density at radius 1 is 1.28 bits per heavy atom. The molecule has 1 aromatic carbocycles. The lowest BCUT2D eigenvalue weighted by Gasteiger charge is -2.07. The predicted molar refractivity (Wildman–Crippen MR) is 70.1 cm³/mol. The molecule has 98 valence electrons. The summed E-state index contributed by atoms with van der Waals surface area (Å²) in [5.41, 5.74) is 0.728. The number of benzene rings is 1. The normalized spacial score (nSPS) is 21.4. The molecule has 0 unspecified atom stereocenters. The van der Waals surface area contributed by atoms with Crippen LogP contribution in [0.2, 0.25) is 0 Å². The van der Waals surface area contributed by atoms with E-state index in [2.05, 4.69) is 19.2 Å². The molecule has 1 aliphatic carbocycles. The van der Waals surface area contributed by atoms with Crippen LogP contribution in [0, 0.1) is 11.3 Å². The van der Waals surface area contributed by atoms with Crippen molar-refractivity contribution in [3.63, 3.8) is 0 Å². The van der Waals surface area contributed by atoms with Gasteiger partial charge in [-0.15, -0.1) is 0 Å². The molecule has 0 saturated heterocycles. The summed E-state index contributed by atoms with van der Waals surface area (Å²) in [4.78, 5) is 12.1. The third kappa shape index (κ3) is 2.72. The van der Waals surface area contributed by atoms with Crippen molar-refractivity contribution in [2.45, 2.75) is 25.2 Å². The highest BCUT2D eigenvalue weighted by atomic mass is 32.2. The molecule has 0 spiro atoms. The quantitative estimate of drug-likeness (QED) is 0.912. The van der Waals surface area contributed by atoms with Gasteiger partial charge >= 0.3 is 0 Å². The van der Waals surface area contributed by atoms with Crippen molar-refractivity contribution in [1.29, 1.82) is 0 Å². The Kier molecular flexibility index (Phi) is 2.97. The standard InChI is InChI=1S/C13H17NO3S/c1-13(2)8-11(13)12(15)14-9-4-6-10(7-5-9)18(3,16)17/h4-7,11H,8H2,1-3H3,(H,14,15)/t11-/m1/s1. The van der Waals surface area contributed by atoms with Crippen LogP contribution < -0.4 is 5.32 Å². The Morgan fingerprint density at radius 3 is 2.17 bits per heavy atom. The Morgan fingerprint density at radius 2 is 1.78 bits per heavy atom. The average molecular weight is 267 g/mol. The van der Waals surface area contributed by atoms with E-state index < -0.39 is 9.84 Å². The van der Waals surface area contributed by atoms with Gasteiger partial charge in [-0.25, -0.2) is 8.42 Å². The summed E-state index contributed by atoms with van der Waals surface area (Å²) in [5.74, 6) is 0.0687. The SMILES string of the molecule is CC1(C)C[C@@H]1C(=O)Nc1ccc(S(C)(=O)=O)cc1. The number of carbonyl (C=O) groups excluding carboxylic acids is 1. The molecule has 0 bridgehead atoms. The second kappa shape index (κ2) is 4.09. The zero-order chi connectivity index (χ0) is 13.6. The van der Waals surface area contributed by atoms with E-state index in [4.69, 9.17) is 0 Å². The molecular weight excluding hydrogens is 250 g/mol. The topological polar surface area (TPSA) is 63.2 Å². The highest BCUT2D eigenvalue weighted by molar-refractivity contribution is 7.90. The van der Waals surface area contributed by atoms with Gasteiger partial charge in [0.1, 0.15) is 0 Å². The molecule has 0 radical (unpaired) electrons. The van der Waals surface area contributed by atoms with Crippen LogP contribution in [0.3, 0.4) is 0 Å². The first-order valence-corrected chi connectivity index (χ1v) is 7.70. The number of sulfone groups is 1. The maximum Gasteiger partial charge on any atom is 0.228 e. The van der Waals surface area contributed by atoms with Gasteiger partial charge in [0.25, 0.3) is 0 Å². The molecule has 2 rings (SSSR count). The smallest absolute Gasteiger partial charge is 0.228 e. The number of amides is 1. The molecule has 0 heterocycles. The molecule has 1 amide bonds. The summed E-state index contributed by atoms with van der Waals surface area (Å²) in [6.07, 6.45) is 2.06. The van der Waals surface area contributed by atoms with Gasteiger partial charge in [-0.3, -0.25) is 4.79 Å². The van der Waals surface area contributed by atoms with Gasteiger partial charge < -0.3 is 5.32 Å². The molecule has 1 aromatic rings. The molecule has 1 saturated carbocycles. The molecular formula is C13H17NO3S. The fourth-order valence-corrected chi connectivity index (χ4v) is 2.56. The van der Waals surface area contributed by atoms with Crippen LogP contribution in [-0.2, 0) is 14.6 Å². The van der Waals surface area contributed by atoms with E-state index in [1.165, 1.54) is 12.1 Å². The van der Waals surface area contributed by atoms with Crippen LogP contribution in [0.15, 0.2) is 29.2 Å². The number of hydrogen-bond donors (Lipinski definition) is 1. The first-order chi connectivity index (χ1) is 8.20. The van der Waals surface area contributed by atoms with E-state index in [0.717, 1.165) is 12.7 Å². The van der Waals surface area contributed by atoms with Crippen molar-refractivity contribution in [2.24, 2.45) is 11.3 Å². The zero-order valence-corrected chi connectivity index (χ0v) is 11.5. The third-order valence-electron chi connectivity index (χ3n) is 3.38. The van der Waals surface area contributed by atoms with Crippen molar-refractivity contribution < 1.29 is 13.2 Å². The van der Waals surface area contributed by atoms with Gasteiger partial charge in [-0.05, 0) is 36.1 Å². The Hall–Kier alpha value is -1.36. The first-order valence-electron chi connectivity index (χ1n) is 5.81. The molecule has 1 atom stereocenters. The lowest BCUT2D eigenvalue weighted by Crippen LogP contribution is -2.16. The molecule has 0 aromatic heterocycles. The minimum absolute atomic E-state index is 0.00658. The first kappa shape index (κ1) is 13.1. The summed E-state index contributed by atoms with van der Waals surface area (Å²) in [6, 6.07) is 6.24. The largest absolute Gasteiger partial charge is 0.326 e. The molecule has 5 heteroatoms. The Bertz CT molecular complexity index is 573. The number of nitrogens with one attached hydrogen (secondary N) is 1. The minimum Gasteiger partial charge on any atom is -0.326 e. The van der Waals surface area contributed by atoms with Gasteiger partial charge in [0, 0.05) is 17.9 Å². The van der Waals surface area contributed by atoms with E-state index in [9.17, 15) is 13.2 Å². The van der Waals surface area contributed by atoms with Crippen molar-refractivity contribution in [3.8, 4) is 0 Å². The van der Waals surface area contributed by atoms with Crippen LogP contribution in [0.4, 0.5) is 5.69 Å². The molecule has 4 nitrogen and oxygen atoms in total. The van der Waals surface area contributed by atoms with E-state index in [0.29, 0.717) is 5.69 Å².